The van der Waals surface area contributed by atoms with Crippen LogP contribution in [0.2, 0.25) is 0 Å². The van der Waals surface area contributed by atoms with Gasteiger partial charge in [-0.1, -0.05) is 30.3 Å². The van der Waals surface area contributed by atoms with Crippen molar-refractivity contribution in [3.05, 3.63) is 35.9 Å². The quantitative estimate of drug-likeness (QED) is 0.851. The minimum atomic E-state index is -0.154. The first-order valence-electron chi connectivity index (χ1n) is 6.34. The average Bonchev–Trinajstić information content (AvgIpc) is 3.01. The smallest absolute Gasteiger partial charge is 0.228 e. The average molecular weight is 231 g/mol. The van der Waals surface area contributed by atoms with E-state index in [1.54, 1.807) is 0 Å². The fourth-order valence-corrected chi connectivity index (χ4v) is 2.17. The van der Waals surface area contributed by atoms with Gasteiger partial charge in [0, 0.05) is 5.54 Å². The summed E-state index contributed by atoms with van der Waals surface area (Å²) in [4.78, 5) is 12.3. The highest BCUT2D eigenvalue weighted by Gasteiger charge is 2.38. The van der Waals surface area contributed by atoms with Crippen LogP contribution < -0.4 is 5.32 Å². The standard InChI is InChI=1S/C15H21NO/c1-15(2,3)16-14(17)13(12-9-10-12)11-7-5-4-6-8-11/h4-8,12-13H,9-10H2,1-3H3,(H,16,17). The van der Waals surface area contributed by atoms with E-state index in [1.165, 1.54) is 12.8 Å². The van der Waals surface area contributed by atoms with Gasteiger partial charge in [-0.2, -0.15) is 0 Å². The Morgan fingerprint density at radius 2 is 1.82 bits per heavy atom. The van der Waals surface area contributed by atoms with Crippen LogP contribution in [0, 0.1) is 5.92 Å². The summed E-state index contributed by atoms with van der Waals surface area (Å²) in [6.45, 7) is 6.08. The van der Waals surface area contributed by atoms with E-state index in [0.717, 1.165) is 5.56 Å². The van der Waals surface area contributed by atoms with E-state index in [1.807, 2.05) is 39.0 Å². The van der Waals surface area contributed by atoms with Gasteiger partial charge in [-0.05, 0) is 45.1 Å². The summed E-state index contributed by atoms with van der Waals surface area (Å²) in [6, 6.07) is 10.1. The van der Waals surface area contributed by atoms with Crippen molar-refractivity contribution in [3.63, 3.8) is 0 Å². The normalized spacial score (nSPS) is 17.6. The van der Waals surface area contributed by atoms with E-state index >= 15 is 0 Å². The van der Waals surface area contributed by atoms with Crippen molar-refractivity contribution in [1.82, 2.24) is 5.32 Å². The van der Waals surface area contributed by atoms with Crippen LogP contribution in [0.1, 0.15) is 45.1 Å². The summed E-state index contributed by atoms with van der Waals surface area (Å²) in [5.74, 6) is 0.751. The zero-order chi connectivity index (χ0) is 12.5. The van der Waals surface area contributed by atoms with Crippen LogP contribution in [0.3, 0.4) is 0 Å². The van der Waals surface area contributed by atoms with Gasteiger partial charge in [-0.3, -0.25) is 4.79 Å². The number of carbonyl (C=O) groups excluding carboxylic acids is 1. The van der Waals surface area contributed by atoms with Crippen LogP contribution in [0.5, 0.6) is 0 Å². The summed E-state index contributed by atoms with van der Waals surface area (Å²) in [5.41, 5.74) is 0.996. The second-order valence-electron chi connectivity index (χ2n) is 5.97. The second-order valence-corrected chi connectivity index (χ2v) is 5.97. The lowest BCUT2D eigenvalue weighted by molar-refractivity contribution is -0.124. The summed E-state index contributed by atoms with van der Waals surface area (Å²) in [6.07, 6.45) is 2.36. The van der Waals surface area contributed by atoms with Crippen LogP contribution in [-0.2, 0) is 4.79 Å². The third-order valence-corrected chi connectivity index (χ3v) is 3.03. The molecule has 1 fully saturated rings. The van der Waals surface area contributed by atoms with E-state index in [4.69, 9.17) is 0 Å². The van der Waals surface area contributed by atoms with Gasteiger partial charge in [0.15, 0.2) is 0 Å². The van der Waals surface area contributed by atoms with Crippen LogP contribution in [0.4, 0.5) is 0 Å². The fraction of sp³-hybridized carbons (Fsp3) is 0.533. The summed E-state index contributed by atoms with van der Waals surface area (Å²) in [7, 11) is 0. The highest BCUT2D eigenvalue weighted by Crippen LogP contribution is 2.42. The molecular weight excluding hydrogens is 210 g/mol. The van der Waals surface area contributed by atoms with Crippen LogP contribution in [0.15, 0.2) is 30.3 Å². The number of benzene rings is 1. The number of hydrogen-bond donors (Lipinski definition) is 1. The molecule has 2 nitrogen and oxygen atoms in total. The van der Waals surface area contributed by atoms with E-state index in [2.05, 4.69) is 17.4 Å². The van der Waals surface area contributed by atoms with E-state index in [9.17, 15) is 4.79 Å². The van der Waals surface area contributed by atoms with Gasteiger partial charge in [-0.25, -0.2) is 0 Å². The van der Waals surface area contributed by atoms with Crippen molar-refractivity contribution in [1.29, 1.82) is 0 Å². The lowest BCUT2D eigenvalue weighted by Crippen LogP contribution is -2.43. The lowest BCUT2D eigenvalue weighted by Gasteiger charge is -2.25. The van der Waals surface area contributed by atoms with Crippen LogP contribution in [-0.4, -0.2) is 11.4 Å². The summed E-state index contributed by atoms with van der Waals surface area (Å²) >= 11 is 0. The third kappa shape index (κ3) is 3.32. The molecule has 0 aliphatic heterocycles. The molecule has 0 spiro atoms. The largest absolute Gasteiger partial charge is 0.351 e. The molecule has 1 aromatic carbocycles. The molecule has 1 aliphatic carbocycles. The van der Waals surface area contributed by atoms with Crippen LogP contribution >= 0.6 is 0 Å². The Labute approximate surface area is 103 Å². The Morgan fingerprint density at radius 3 is 2.29 bits per heavy atom. The minimum absolute atomic E-state index is 0.0374. The molecule has 2 rings (SSSR count). The molecule has 92 valence electrons. The van der Waals surface area contributed by atoms with E-state index in [0.29, 0.717) is 5.92 Å². The molecule has 0 saturated heterocycles. The van der Waals surface area contributed by atoms with Gasteiger partial charge in [0.05, 0.1) is 5.92 Å². The van der Waals surface area contributed by atoms with Crippen molar-refractivity contribution in [2.75, 3.05) is 0 Å². The minimum Gasteiger partial charge on any atom is -0.351 e. The number of carbonyl (C=O) groups is 1. The SMILES string of the molecule is CC(C)(C)NC(=O)C(c1ccccc1)C1CC1. The first kappa shape index (κ1) is 12.2. The zero-order valence-corrected chi connectivity index (χ0v) is 10.9. The molecule has 0 aromatic heterocycles. The van der Waals surface area contributed by atoms with Crippen molar-refractivity contribution < 1.29 is 4.79 Å². The summed E-state index contributed by atoms with van der Waals surface area (Å²) < 4.78 is 0. The predicted molar refractivity (Wildman–Crippen MR) is 69.8 cm³/mol. The molecule has 1 aromatic rings. The molecule has 0 heterocycles. The van der Waals surface area contributed by atoms with E-state index in [-0.39, 0.29) is 17.4 Å². The second kappa shape index (κ2) is 4.52. The number of rotatable bonds is 3. The fourth-order valence-electron chi connectivity index (χ4n) is 2.17. The van der Waals surface area contributed by atoms with Gasteiger partial charge < -0.3 is 5.32 Å². The molecule has 1 N–H and O–H groups in total. The Bertz CT molecular complexity index is 387. The number of amides is 1. The molecular formula is C15H21NO. The lowest BCUT2D eigenvalue weighted by atomic mass is 9.92. The maximum absolute atomic E-state index is 12.3. The molecule has 1 atom stereocenters. The first-order valence-corrected chi connectivity index (χ1v) is 6.34. The first-order chi connectivity index (χ1) is 7.97. The Balaban J connectivity index is 2.16. The molecule has 2 heteroatoms. The maximum atomic E-state index is 12.3. The van der Waals surface area contributed by atoms with Gasteiger partial charge in [0.25, 0.3) is 0 Å². The maximum Gasteiger partial charge on any atom is 0.228 e. The Kier molecular flexibility index (Phi) is 3.23. The highest BCUT2D eigenvalue weighted by atomic mass is 16.2. The topological polar surface area (TPSA) is 29.1 Å². The molecule has 1 aliphatic rings. The number of nitrogens with one attached hydrogen (secondary N) is 1. The van der Waals surface area contributed by atoms with Gasteiger partial charge in [0.2, 0.25) is 5.91 Å². The highest BCUT2D eigenvalue weighted by molar-refractivity contribution is 5.85. The third-order valence-electron chi connectivity index (χ3n) is 3.03. The van der Waals surface area contributed by atoms with Gasteiger partial charge in [-0.15, -0.1) is 0 Å². The van der Waals surface area contributed by atoms with Crippen molar-refractivity contribution in [2.24, 2.45) is 5.92 Å². The van der Waals surface area contributed by atoms with E-state index < -0.39 is 0 Å². The molecule has 1 amide bonds. The molecule has 1 saturated carbocycles. The molecule has 0 bridgehead atoms. The van der Waals surface area contributed by atoms with Gasteiger partial charge in [0.1, 0.15) is 0 Å². The summed E-state index contributed by atoms with van der Waals surface area (Å²) in [5, 5.41) is 3.10. The Hall–Kier alpha value is -1.31. The van der Waals surface area contributed by atoms with Crippen molar-refractivity contribution in [2.45, 2.75) is 45.1 Å². The van der Waals surface area contributed by atoms with Crippen molar-refractivity contribution >= 4 is 5.91 Å². The Morgan fingerprint density at radius 1 is 1.24 bits per heavy atom. The molecule has 17 heavy (non-hydrogen) atoms. The monoisotopic (exact) mass is 231 g/mol. The van der Waals surface area contributed by atoms with Crippen LogP contribution in [0.25, 0.3) is 0 Å². The zero-order valence-electron chi connectivity index (χ0n) is 10.9. The predicted octanol–water partition coefficient (Wildman–Crippen LogP) is 3.09. The van der Waals surface area contributed by atoms with Gasteiger partial charge >= 0.3 is 0 Å². The molecule has 0 radical (unpaired) electrons. The molecule has 1 unspecified atom stereocenters. The van der Waals surface area contributed by atoms with Crippen molar-refractivity contribution in [3.8, 4) is 0 Å². The number of hydrogen-bond acceptors (Lipinski definition) is 1.